The third-order valence-electron chi connectivity index (χ3n) is 6.08. The highest BCUT2D eigenvalue weighted by Crippen LogP contribution is 2.56. The van der Waals surface area contributed by atoms with Crippen LogP contribution in [0.5, 0.6) is 0 Å². The minimum atomic E-state index is -0.412. The molecule has 0 saturated heterocycles. The summed E-state index contributed by atoms with van der Waals surface area (Å²) in [7, 11) is 0. The fraction of sp³-hybridized carbons (Fsp3) is 0.455. The SMILES string of the molecule is CC(C)=C1C(=C(C)C)C2C(=O)C(=O)C1c1c(C)c(C)c(C)c(C)c12. The molecule has 3 aliphatic carbocycles. The number of Topliss-reactive ketones (excluding diaryl/α,β-unsaturated/α-hetero) is 2. The standard InChI is InChI=1S/C22H26O2/c1-9(2)15-16(10(3)4)20-18-14(8)12(6)11(5)13(7)17(18)19(15)21(23)22(20)24/h19-20H,1-8H3. The lowest BCUT2D eigenvalue weighted by Crippen LogP contribution is -2.44. The van der Waals surface area contributed by atoms with E-state index >= 15 is 0 Å². The number of rotatable bonds is 0. The first-order valence-corrected chi connectivity index (χ1v) is 8.64. The molecule has 0 amide bonds. The Morgan fingerprint density at radius 3 is 1.12 bits per heavy atom. The molecule has 0 N–H and O–H groups in total. The van der Waals surface area contributed by atoms with Gasteiger partial charge in [0.15, 0.2) is 0 Å². The summed E-state index contributed by atoms with van der Waals surface area (Å²) in [5.74, 6) is -1.27. The van der Waals surface area contributed by atoms with Crippen molar-refractivity contribution < 1.29 is 9.59 Å². The highest BCUT2D eigenvalue weighted by Gasteiger charge is 2.52. The van der Waals surface area contributed by atoms with Crippen LogP contribution in [0.3, 0.4) is 0 Å². The predicted octanol–water partition coefficient (Wildman–Crippen LogP) is 4.93. The Hall–Kier alpha value is -1.96. The van der Waals surface area contributed by atoms with Gasteiger partial charge < -0.3 is 0 Å². The normalized spacial score (nSPS) is 22.2. The molecule has 126 valence electrons. The molecule has 2 unspecified atom stereocenters. The van der Waals surface area contributed by atoms with Crippen molar-refractivity contribution in [2.24, 2.45) is 0 Å². The molecular formula is C22H26O2. The molecule has 4 rings (SSSR count). The molecule has 2 heteroatoms. The number of carbonyl (C=O) groups excluding carboxylic acids is 2. The Kier molecular flexibility index (Phi) is 3.71. The first kappa shape index (κ1) is 16.9. The van der Waals surface area contributed by atoms with Gasteiger partial charge in [-0.3, -0.25) is 9.59 Å². The largest absolute Gasteiger partial charge is 0.290 e. The highest BCUT2D eigenvalue weighted by atomic mass is 16.2. The van der Waals surface area contributed by atoms with Crippen molar-refractivity contribution in [1.82, 2.24) is 0 Å². The number of hydrogen-bond acceptors (Lipinski definition) is 2. The van der Waals surface area contributed by atoms with Gasteiger partial charge in [-0.25, -0.2) is 0 Å². The molecule has 24 heavy (non-hydrogen) atoms. The van der Waals surface area contributed by atoms with Gasteiger partial charge in [0.2, 0.25) is 11.6 Å². The van der Waals surface area contributed by atoms with Crippen molar-refractivity contribution in [3.8, 4) is 0 Å². The first-order chi connectivity index (χ1) is 11.1. The van der Waals surface area contributed by atoms with E-state index in [4.69, 9.17) is 0 Å². The van der Waals surface area contributed by atoms with E-state index in [-0.39, 0.29) is 11.6 Å². The van der Waals surface area contributed by atoms with E-state index in [0.29, 0.717) is 0 Å². The van der Waals surface area contributed by atoms with Crippen molar-refractivity contribution in [3.05, 3.63) is 55.7 Å². The van der Waals surface area contributed by atoms with Gasteiger partial charge in [-0.2, -0.15) is 0 Å². The van der Waals surface area contributed by atoms with Crippen LogP contribution in [-0.4, -0.2) is 11.6 Å². The average Bonchev–Trinajstić information content (AvgIpc) is 2.52. The highest BCUT2D eigenvalue weighted by molar-refractivity contribution is 6.45. The van der Waals surface area contributed by atoms with Crippen LogP contribution >= 0.6 is 0 Å². The zero-order valence-electron chi connectivity index (χ0n) is 16.0. The maximum Gasteiger partial charge on any atom is 0.211 e. The quantitative estimate of drug-likeness (QED) is 0.635. The van der Waals surface area contributed by atoms with Crippen LogP contribution in [0.15, 0.2) is 22.3 Å². The van der Waals surface area contributed by atoms with E-state index < -0.39 is 11.8 Å². The summed E-state index contributed by atoms with van der Waals surface area (Å²) in [5.41, 5.74) is 11.5. The van der Waals surface area contributed by atoms with Gasteiger partial charge in [0.1, 0.15) is 0 Å². The first-order valence-electron chi connectivity index (χ1n) is 8.64. The van der Waals surface area contributed by atoms with Crippen molar-refractivity contribution in [1.29, 1.82) is 0 Å². The Morgan fingerprint density at radius 2 is 0.875 bits per heavy atom. The second kappa shape index (κ2) is 5.27. The molecule has 0 aliphatic heterocycles. The van der Waals surface area contributed by atoms with E-state index in [1.54, 1.807) is 0 Å². The zero-order valence-corrected chi connectivity index (χ0v) is 16.0. The summed E-state index contributed by atoms with van der Waals surface area (Å²) in [4.78, 5) is 25.8. The molecule has 1 aromatic rings. The van der Waals surface area contributed by atoms with Crippen LogP contribution in [0, 0.1) is 27.7 Å². The minimum absolute atomic E-state index is 0.223. The molecule has 2 atom stereocenters. The molecule has 0 heterocycles. The Bertz CT molecular complexity index is 797. The molecule has 1 aromatic carbocycles. The summed E-state index contributed by atoms with van der Waals surface area (Å²) in [6.07, 6.45) is 0. The molecule has 2 bridgehead atoms. The minimum Gasteiger partial charge on any atom is -0.290 e. The third kappa shape index (κ3) is 1.89. The van der Waals surface area contributed by atoms with Crippen LogP contribution in [0.25, 0.3) is 0 Å². The van der Waals surface area contributed by atoms with Gasteiger partial charge in [-0.1, -0.05) is 11.1 Å². The summed E-state index contributed by atoms with van der Waals surface area (Å²) in [6.45, 7) is 16.7. The van der Waals surface area contributed by atoms with E-state index in [1.807, 2.05) is 0 Å². The second-order valence-corrected chi connectivity index (χ2v) is 7.75. The molecular weight excluding hydrogens is 296 g/mol. The van der Waals surface area contributed by atoms with Gasteiger partial charge in [0.05, 0.1) is 11.8 Å². The molecule has 2 nitrogen and oxygen atoms in total. The fourth-order valence-corrected chi connectivity index (χ4v) is 4.64. The molecule has 1 fully saturated rings. The molecule has 0 spiro atoms. The van der Waals surface area contributed by atoms with E-state index in [0.717, 1.165) is 33.4 Å². The Labute approximate surface area is 144 Å². The van der Waals surface area contributed by atoms with Crippen LogP contribution in [-0.2, 0) is 9.59 Å². The van der Waals surface area contributed by atoms with Crippen molar-refractivity contribution in [2.45, 2.75) is 67.2 Å². The average molecular weight is 322 g/mol. The van der Waals surface area contributed by atoms with E-state index in [1.165, 1.54) is 22.3 Å². The number of hydrogen-bond donors (Lipinski definition) is 0. The lowest BCUT2D eigenvalue weighted by molar-refractivity contribution is -0.138. The molecule has 0 aromatic heterocycles. The molecule has 3 aliphatic rings. The predicted molar refractivity (Wildman–Crippen MR) is 97.6 cm³/mol. The smallest absolute Gasteiger partial charge is 0.211 e. The van der Waals surface area contributed by atoms with Gasteiger partial charge in [-0.15, -0.1) is 0 Å². The number of ketones is 2. The maximum absolute atomic E-state index is 12.9. The molecule has 0 radical (unpaired) electrons. The second-order valence-electron chi connectivity index (χ2n) is 7.75. The number of carbonyl (C=O) groups is 2. The summed E-state index contributed by atoms with van der Waals surface area (Å²) in [5, 5.41) is 0. The number of allylic oxidation sites excluding steroid dienone is 4. The van der Waals surface area contributed by atoms with Crippen LogP contribution in [0.2, 0.25) is 0 Å². The number of fused-ring (bicyclic) bond motifs is 2. The van der Waals surface area contributed by atoms with E-state index in [2.05, 4.69) is 55.4 Å². The van der Waals surface area contributed by atoms with Crippen molar-refractivity contribution >= 4 is 11.6 Å². The Balaban J connectivity index is 2.57. The topological polar surface area (TPSA) is 34.1 Å². The summed E-state index contributed by atoms with van der Waals surface area (Å²) >= 11 is 0. The fourth-order valence-electron chi connectivity index (χ4n) is 4.64. The zero-order chi connectivity index (χ0) is 18.1. The monoisotopic (exact) mass is 322 g/mol. The number of benzene rings is 1. The molecule has 1 saturated carbocycles. The lowest BCUT2D eigenvalue weighted by atomic mass is 9.56. The summed E-state index contributed by atoms with van der Waals surface area (Å²) < 4.78 is 0. The van der Waals surface area contributed by atoms with E-state index in [9.17, 15) is 9.59 Å². The Morgan fingerprint density at radius 1 is 0.583 bits per heavy atom. The van der Waals surface area contributed by atoms with Gasteiger partial charge in [0, 0.05) is 0 Å². The maximum atomic E-state index is 12.9. The van der Waals surface area contributed by atoms with Crippen molar-refractivity contribution in [3.63, 3.8) is 0 Å². The third-order valence-corrected chi connectivity index (χ3v) is 6.08. The van der Waals surface area contributed by atoms with Crippen LogP contribution in [0.1, 0.15) is 72.9 Å². The summed E-state index contributed by atoms with van der Waals surface area (Å²) in [6, 6.07) is 0. The lowest BCUT2D eigenvalue weighted by Gasteiger charge is -2.44. The van der Waals surface area contributed by atoms with Gasteiger partial charge in [-0.05, 0) is 99.9 Å². The van der Waals surface area contributed by atoms with Gasteiger partial charge in [0.25, 0.3) is 0 Å². The van der Waals surface area contributed by atoms with Gasteiger partial charge >= 0.3 is 0 Å². The van der Waals surface area contributed by atoms with Crippen LogP contribution < -0.4 is 0 Å². The van der Waals surface area contributed by atoms with Crippen LogP contribution in [0.4, 0.5) is 0 Å². The van der Waals surface area contributed by atoms with Crippen molar-refractivity contribution in [2.75, 3.05) is 0 Å².